The molecule has 1 fully saturated rings. The minimum Gasteiger partial charge on any atom is -0.354 e. The molecule has 3 heterocycles. The molecule has 252 valence electrons. The van der Waals surface area contributed by atoms with Crippen molar-refractivity contribution in [1.29, 1.82) is 5.26 Å². The van der Waals surface area contributed by atoms with E-state index in [0.717, 1.165) is 69.3 Å². The number of nitrogens with one attached hydrogen (secondary N) is 1. The number of pyridine rings is 1. The molecule has 1 aliphatic heterocycles. The number of aryl methyl sites for hydroxylation is 1. The largest absolute Gasteiger partial charge is 0.354 e. The number of halogens is 1. The summed E-state index contributed by atoms with van der Waals surface area (Å²) in [4.78, 5) is 14.8. The summed E-state index contributed by atoms with van der Waals surface area (Å²) in [6.07, 6.45) is 7.16. The van der Waals surface area contributed by atoms with Crippen LogP contribution in [0.2, 0.25) is 0 Å². The van der Waals surface area contributed by atoms with Crippen molar-refractivity contribution in [2.45, 2.75) is 79.3 Å². The average Bonchev–Trinajstić information content (AvgIpc) is 3.40. The lowest BCUT2D eigenvalue weighted by atomic mass is 9.86. The molecule has 0 amide bonds. The van der Waals surface area contributed by atoms with Crippen LogP contribution in [0.5, 0.6) is 0 Å². The zero-order valence-corrected chi connectivity index (χ0v) is 29.2. The summed E-state index contributed by atoms with van der Waals surface area (Å²) in [5.74, 6) is 2.11. The Kier molecular flexibility index (Phi) is 11.3. The van der Waals surface area contributed by atoms with Crippen LogP contribution >= 0.6 is 0 Å². The second-order valence-corrected chi connectivity index (χ2v) is 14.2. The Bertz CT molecular complexity index is 1780. The van der Waals surface area contributed by atoms with Gasteiger partial charge in [0.2, 0.25) is 0 Å². The maximum atomic E-state index is 14.6. The highest BCUT2D eigenvalue weighted by Crippen LogP contribution is 2.31. The predicted molar refractivity (Wildman–Crippen MR) is 197 cm³/mol. The monoisotopic (exact) mass is 647 g/mol. The van der Waals surface area contributed by atoms with Gasteiger partial charge in [-0.2, -0.15) is 5.26 Å². The molecule has 4 aromatic rings. The molecule has 1 aliphatic rings. The van der Waals surface area contributed by atoms with Crippen molar-refractivity contribution < 1.29 is 4.39 Å². The Labute approximate surface area is 285 Å². The molecule has 0 atom stereocenters. The number of fused-ring (bicyclic) bond motifs is 1. The highest BCUT2D eigenvalue weighted by atomic mass is 19.1. The molecular weight excluding hydrogens is 597 g/mol. The molecule has 2 aromatic carbocycles. The molecule has 5 rings (SSSR count). The van der Waals surface area contributed by atoms with Gasteiger partial charge in [-0.05, 0) is 71.9 Å². The van der Waals surface area contributed by atoms with E-state index in [0.29, 0.717) is 17.1 Å². The zero-order chi connectivity index (χ0) is 34.3. The van der Waals surface area contributed by atoms with Crippen LogP contribution in [0.25, 0.3) is 22.3 Å². The van der Waals surface area contributed by atoms with Gasteiger partial charge in [0.25, 0.3) is 0 Å². The minimum atomic E-state index is -0.490. The molecule has 0 saturated carbocycles. The van der Waals surface area contributed by atoms with E-state index in [9.17, 15) is 4.39 Å². The first-order chi connectivity index (χ1) is 23.0. The van der Waals surface area contributed by atoms with Crippen LogP contribution in [0, 0.1) is 22.6 Å². The number of piperazine rings is 1. The topological polar surface area (TPSA) is 73.0 Å². The fraction of sp³-hybridized carbons (Fsp3) is 0.425. The number of imidazole rings is 1. The molecule has 0 radical (unpaired) electrons. The number of allylic oxidation sites excluding steroid dienone is 1. The fourth-order valence-corrected chi connectivity index (χ4v) is 6.43. The quantitative estimate of drug-likeness (QED) is 0.138. The van der Waals surface area contributed by atoms with Crippen molar-refractivity contribution in [3.05, 3.63) is 96.1 Å². The van der Waals surface area contributed by atoms with Crippen LogP contribution in [-0.4, -0.2) is 45.6 Å². The van der Waals surface area contributed by atoms with Crippen LogP contribution < -0.4 is 10.2 Å². The van der Waals surface area contributed by atoms with Gasteiger partial charge in [-0.15, -0.1) is 0 Å². The van der Waals surface area contributed by atoms with Gasteiger partial charge >= 0.3 is 0 Å². The van der Waals surface area contributed by atoms with Gasteiger partial charge in [0.15, 0.2) is 0 Å². The summed E-state index contributed by atoms with van der Waals surface area (Å²) >= 11 is 0. The number of rotatable bonds is 14. The van der Waals surface area contributed by atoms with E-state index in [-0.39, 0.29) is 11.0 Å². The van der Waals surface area contributed by atoms with E-state index in [1.165, 1.54) is 48.4 Å². The molecule has 2 aromatic heterocycles. The first kappa shape index (κ1) is 34.8. The number of hydrogen-bond donors (Lipinski definition) is 1. The van der Waals surface area contributed by atoms with E-state index in [1.54, 1.807) is 12.1 Å². The lowest BCUT2D eigenvalue weighted by molar-refractivity contribution is 0.240. The second kappa shape index (κ2) is 15.6. The molecule has 0 aliphatic carbocycles. The number of benzene rings is 2. The van der Waals surface area contributed by atoms with Crippen LogP contribution in [0.1, 0.15) is 88.7 Å². The van der Waals surface area contributed by atoms with Gasteiger partial charge in [-0.1, -0.05) is 78.7 Å². The summed E-state index contributed by atoms with van der Waals surface area (Å²) in [6.45, 7) is 22.8. The number of nitrogens with zero attached hydrogens (tertiary/aromatic N) is 6. The van der Waals surface area contributed by atoms with Gasteiger partial charge in [0.1, 0.15) is 23.3 Å². The standard InChI is InChI=1S/C40H50FN7/c1-7-8-9-10-11-19-48-36-25-32(29(2)26-40(4,5)6)16-18-35(36)44-39(48)28-46-20-22-47(23-21-46)38-14-12-13-37(45-38)43-30(3)33-17-15-31(27-42)24-34(33)41/h12-18,24-25H,2-3,7-11,19-23,26,28H2,1,4-6H3,(H,43,45). The lowest BCUT2D eigenvalue weighted by Gasteiger charge is -2.35. The van der Waals surface area contributed by atoms with Gasteiger partial charge in [-0.25, -0.2) is 14.4 Å². The van der Waals surface area contributed by atoms with Crippen molar-refractivity contribution in [1.82, 2.24) is 19.4 Å². The highest BCUT2D eigenvalue weighted by Gasteiger charge is 2.22. The summed E-state index contributed by atoms with van der Waals surface area (Å²) in [6, 6.07) is 18.8. The maximum absolute atomic E-state index is 14.6. The number of hydrogen-bond acceptors (Lipinski definition) is 6. The first-order valence-electron chi connectivity index (χ1n) is 17.3. The smallest absolute Gasteiger partial charge is 0.133 e. The number of unbranched alkanes of at least 4 members (excludes halogenated alkanes) is 4. The minimum absolute atomic E-state index is 0.187. The predicted octanol–water partition coefficient (Wildman–Crippen LogP) is 9.27. The van der Waals surface area contributed by atoms with Crippen LogP contribution in [0.3, 0.4) is 0 Å². The summed E-state index contributed by atoms with van der Waals surface area (Å²) in [5, 5.41) is 12.2. The Morgan fingerprint density at radius 2 is 1.73 bits per heavy atom. The molecule has 8 heteroatoms. The number of nitriles is 1. The zero-order valence-electron chi connectivity index (χ0n) is 29.2. The van der Waals surface area contributed by atoms with Crippen molar-refractivity contribution in [2.75, 3.05) is 36.4 Å². The van der Waals surface area contributed by atoms with E-state index in [2.05, 4.69) is 78.7 Å². The Hall–Kier alpha value is -4.48. The van der Waals surface area contributed by atoms with E-state index in [4.69, 9.17) is 15.2 Å². The molecule has 1 saturated heterocycles. The number of anilines is 2. The van der Waals surface area contributed by atoms with Crippen LogP contribution in [0.15, 0.2) is 67.8 Å². The third-order valence-electron chi connectivity index (χ3n) is 8.96. The van der Waals surface area contributed by atoms with E-state index >= 15 is 0 Å². The van der Waals surface area contributed by atoms with E-state index < -0.39 is 5.82 Å². The third-order valence-corrected chi connectivity index (χ3v) is 8.96. The summed E-state index contributed by atoms with van der Waals surface area (Å²) < 4.78 is 17.0. The fourth-order valence-electron chi connectivity index (χ4n) is 6.43. The number of aromatic nitrogens is 3. The van der Waals surface area contributed by atoms with Gasteiger partial charge in [0.05, 0.1) is 29.2 Å². The Morgan fingerprint density at radius 1 is 0.958 bits per heavy atom. The molecular formula is C40H50FN7. The SMILES string of the molecule is C=C(CC(C)(C)C)c1ccc2nc(CN3CCN(c4cccc(NC(=C)c5ccc(C#N)cc5F)n4)CC3)n(CCCCCCC)c2c1. The maximum Gasteiger partial charge on any atom is 0.133 e. The Morgan fingerprint density at radius 3 is 2.44 bits per heavy atom. The van der Waals surface area contributed by atoms with Crippen molar-refractivity contribution in [3.63, 3.8) is 0 Å². The highest BCUT2D eigenvalue weighted by molar-refractivity contribution is 5.81. The van der Waals surface area contributed by atoms with Crippen LogP contribution in [0.4, 0.5) is 16.0 Å². The molecule has 0 bridgehead atoms. The normalized spacial score (nSPS) is 13.9. The van der Waals surface area contributed by atoms with Gasteiger partial charge in [0, 0.05) is 44.0 Å². The van der Waals surface area contributed by atoms with Crippen molar-refractivity contribution >= 4 is 33.9 Å². The van der Waals surface area contributed by atoms with Crippen LogP contribution in [-0.2, 0) is 13.1 Å². The molecule has 0 unspecified atom stereocenters. The molecule has 7 nitrogen and oxygen atoms in total. The van der Waals surface area contributed by atoms with Gasteiger partial charge < -0.3 is 14.8 Å². The average molecular weight is 648 g/mol. The first-order valence-corrected chi connectivity index (χ1v) is 17.3. The molecule has 0 spiro atoms. The lowest BCUT2D eigenvalue weighted by Crippen LogP contribution is -2.46. The van der Waals surface area contributed by atoms with Crippen molar-refractivity contribution in [2.24, 2.45) is 5.41 Å². The summed E-state index contributed by atoms with van der Waals surface area (Å²) in [7, 11) is 0. The second-order valence-electron chi connectivity index (χ2n) is 14.2. The molecule has 1 N–H and O–H groups in total. The third kappa shape index (κ3) is 8.90. The van der Waals surface area contributed by atoms with Crippen molar-refractivity contribution in [3.8, 4) is 6.07 Å². The summed E-state index contributed by atoms with van der Waals surface area (Å²) in [5.41, 5.74) is 5.82. The van der Waals surface area contributed by atoms with E-state index in [1.807, 2.05) is 24.3 Å². The Balaban J connectivity index is 1.25. The molecule has 48 heavy (non-hydrogen) atoms. The van der Waals surface area contributed by atoms with Gasteiger partial charge in [-0.3, -0.25) is 4.90 Å².